The fourth-order valence-corrected chi connectivity index (χ4v) is 1.60. The summed E-state index contributed by atoms with van der Waals surface area (Å²) in [6.45, 7) is 8.40. The maximum atomic E-state index is 10.4. The molecule has 0 aliphatic carbocycles. The van der Waals surface area contributed by atoms with Crippen molar-refractivity contribution in [1.82, 2.24) is 0 Å². The molecule has 0 radical (unpaired) electrons. The molecule has 0 aromatic rings. The molecule has 0 spiro atoms. The van der Waals surface area contributed by atoms with Gasteiger partial charge in [-0.15, -0.1) is 0 Å². The van der Waals surface area contributed by atoms with Crippen molar-refractivity contribution < 1.29 is 9.90 Å². The first-order valence-electron chi connectivity index (χ1n) is 6.58. The Morgan fingerprint density at radius 2 is 1.39 bits per heavy atom. The van der Waals surface area contributed by atoms with E-state index in [1.807, 2.05) is 6.92 Å². The Morgan fingerprint density at radius 3 is 1.89 bits per heavy atom. The summed E-state index contributed by atoms with van der Waals surface area (Å²) in [6, 6.07) is 0. The van der Waals surface area contributed by atoms with Crippen molar-refractivity contribution in [3.8, 4) is 0 Å². The summed E-state index contributed by atoms with van der Waals surface area (Å²) in [6.07, 6.45) is 10.6. The van der Waals surface area contributed by atoms with Crippen LogP contribution in [0.3, 0.4) is 0 Å². The van der Waals surface area contributed by atoms with Crippen molar-refractivity contribution in [1.29, 1.82) is 0 Å². The third kappa shape index (κ3) is 11.2. The van der Waals surface area contributed by atoms with E-state index in [0.717, 1.165) is 31.3 Å². The van der Waals surface area contributed by atoms with E-state index >= 15 is 0 Å². The number of hydrogen-bond donors (Lipinski definition) is 1. The lowest BCUT2D eigenvalue weighted by Gasteiger charge is -2.01. The van der Waals surface area contributed by atoms with Crippen LogP contribution in [-0.4, -0.2) is 11.1 Å². The van der Waals surface area contributed by atoms with Gasteiger partial charge in [0.05, 0.1) is 6.42 Å². The Kier molecular flexibility index (Phi) is 8.99. The van der Waals surface area contributed by atoms with E-state index in [2.05, 4.69) is 32.9 Å². The van der Waals surface area contributed by atoms with Crippen LogP contribution in [0, 0.1) is 0 Å². The maximum Gasteiger partial charge on any atom is 0.307 e. The summed E-state index contributed by atoms with van der Waals surface area (Å²) in [7, 11) is 0. The molecule has 0 fully saturated rings. The van der Waals surface area contributed by atoms with Crippen LogP contribution < -0.4 is 0 Å². The molecule has 0 aromatic carbocycles. The highest BCUT2D eigenvalue weighted by molar-refractivity contribution is 5.68. The standard InChI is InChI=1S/C16H26O2/c1-13(2)7-5-8-14(3)9-6-10-15(4)11-12-16(17)18/h7,9,11H,5-6,8,10,12H2,1-4H3,(H,17,18)/b14-9+,15-11+. The predicted molar refractivity (Wildman–Crippen MR) is 77.7 cm³/mol. The molecule has 2 heteroatoms. The maximum absolute atomic E-state index is 10.4. The first-order chi connectivity index (χ1) is 8.41. The molecule has 0 aliphatic heterocycles. The van der Waals surface area contributed by atoms with E-state index in [-0.39, 0.29) is 6.42 Å². The number of hydrogen-bond acceptors (Lipinski definition) is 1. The Labute approximate surface area is 111 Å². The molecule has 102 valence electrons. The second-order valence-electron chi connectivity index (χ2n) is 5.06. The summed E-state index contributed by atoms with van der Waals surface area (Å²) in [5.74, 6) is -0.761. The molecule has 0 saturated heterocycles. The monoisotopic (exact) mass is 250 g/mol. The molecule has 0 rings (SSSR count). The SMILES string of the molecule is CC(C)=CCC/C(C)=C/CC/C(C)=C/CC(=O)O. The molecule has 1 N–H and O–H groups in total. The minimum absolute atomic E-state index is 0.134. The van der Waals surface area contributed by atoms with Crippen LogP contribution in [0.25, 0.3) is 0 Å². The molecule has 2 nitrogen and oxygen atoms in total. The van der Waals surface area contributed by atoms with E-state index in [1.165, 1.54) is 11.1 Å². The molecule has 0 heterocycles. The summed E-state index contributed by atoms with van der Waals surface area (Å²) < 4.78 is 0. The van der Waals surface area contributed by atoms with Crippen molar-refractivity contribution in [3.63, 3.8) is 0 Å². The molecular weight excluding hydrogens is 224 g/mol. The third-order valence-electron chi connectivity index (χ3n) is 2.75. The zero-order valence-electron chi connectivity index (χ0n) is 12.1. The van der Waals surface area contributed by atoms with E-state index in [0.29, 0.717) is 0 Å². The van der Waals surface area contributed by atoms with E-state index < -0.39 is 5.97 Å². The number of allylic oxidation sites excluding steroid dienone is 5. The number of carboxylic acids is 1. The number of carboxylic acid groups (broad SMARTS) is 1. The Morgan fingerprint density at radius 1 is 0.889 bits per heavy atom. The fraction of sp³-hybridized carbons (Fsp3) is 0.562. The molecule has 0 atom stereocenters. The van der Waals surface area contributed by atoms with Crippen LogP contribution >= 0.6 is 0 Å². The van der Waals surface area contributed by atoms with Crippen LogP contribution in [0.15, 0.2) is 34.9 Å². The molecule has 0 aliphatic rings. The van der Waals surface area contributed by atoms with Gasteiger partial charge in [0, 0.05) is 0 Å². The van der Waals surface area contributed by atoms with Gasteiger partial charge in [0.1, 0.15) is 0 Å². The van der Waals surface area contributed by atoms with Crippen LogP contribution in [0.5, 0.6) is 0 Å². The summed E-state index contributed by atoms with van der Waals surface area (Å²) >= 11 is 0. The van der Waals surface area contributed by atoms with Crippen molar-refractivity contribution in [3.05, 3.63) is 34.9 Å². The van der Waals surface area contributed by atoms with E-state index in [1.54, 1.807) is 6.08 Å². The highest BCUT2D eigenvalue weighted by Crippen LogP contribution is 2.11. The number of rotatable bonds is 8. The predicted octanol–water partition coefficient (Wildman–Crippen LogP) is 4.88. The van der Waals surface area contributed by atoms with Crippen LogP contribution in [-0.2, 0) is 4.79 Å². The van der Waals surface area contributed by atoms with Gasteiger partial charge in [-0.1, -0.05) is 34.9 Å². The Hall–Kier alpha value is -1.31. The quantitative estimate of drug-likeness (QED) is 0.623. The second-order valence-corrected chi connectivity index (χ2v) is 5.06. The van der Waals surface area contributed by atoms with Gasteiger partial charge in [-0.25, -0.2) is 0 Å². The number of aliphatic carboxylic acids is 1. The Bertz CT molecular complexity index is 342. The molecular formula is C16H26O2. The van der Waals surface area contributed by atoms with E-state index in [4.69, 9.17) is 5.11 Å². The zero-order valence-corrected chi connectivity index (χ0v) is 12.1. The average molecular weight is 250 g/mol. The topological polar surface area (TPSA) is 37.3 Å². The summed E-state index contributed by atoms with van der Waals surface area (Å²) in [5.41, 5.74) is 3.94. The molecule has 0 amide bonds. The minimum atomic E-state index is -0.761. The van der Waals surface area contributed by atoms with Gasteiger partial charge in [-0.2, -0.15) is 0 Å². The zero-order chi connectivity index (χ0) is 14.0. The lowest BCUT2D eigenvalue weighted by atomic mass is 10.1. The average Bonchev–Trinajstić information content (AvgIpc) is 2.25. The lowest BCUT2D eigenvalue weighted by molar-refractivity contribution is -0.136. The fourth-order valence-electron chi connectivity index (χ4n) is 1.60. The Balaban J connectivity index is 3.89. The van der Waals surface area contributed by atoms with Gasteiger partial charge in [0.15, 0.2) is 0 Å². The van der Waals surface area contributed by atoms with Crippen molar-refractivity contribution in [2.45, 2.75) is 59.8 Å². The summed E-state index contributed by atoms with van der Waals surface area (Å²) in [5, 5.41) is 8.56. The van der Waals surface area contributed by atoms with Crippen LogP contribution in [0.4, 0.5) is 0 Å². The van der Waals surface area contributed by atoms with Crippen molar-refractivity contribution >= 4 is 5.97 Å². The normalized spacial score (nSPS) is 12.4. The van der Waals surface area contributed by atoms with Gasteiger partial charge in [0.25, 0.3) is 0 Å². The molecule has 0 bridgehead atoms. The largest absolute Gasteiger partial charge is 0.481 e. The molecule has 18 heavy (non-hydrogen) atoms. The first kappa shape index (κ1) is 16.7. The summed E-state index contributed by atoms with van der Waals surface area (Å²) in [4.78, 5) is 10.4. The van der Waals surface area contributed by atoms with Gasteiger partial charge in [-0.3, -0.25) is 4.79 Å². The van der Waals surface area contributed by atoms with Crippen molar-refractivity contribution in [2.75, 3.05) is 0 Å². The minimum Gasteiger partial charge on any atom is -0.481 e. The molecule has 0 saturated carbocycles. The highest BCUT2D eigenvalue weighted by Gasteiger charge is 1.94. The van der Waals surface area contributed by atoms with Crippen LogP contribution in [0.2, 0.25) is 0 Å². The molecule has 0 unspecified atom stereocenters. The van der Waals surface area contributed by atoms with E-state index in [9.17, 15) is 4.79 Å². The highest BCUT2D eigenvalue weighted by atomic mass is 16.4. The van der Waals surface area contributed by atoms with Crippen LogP contribution in [0.1, 0.15) is 59.8 Å². The van der Waals surface area contributed by atoms with Gasteiger partial charge >= 0.3 is 5.97 Å². The second kappa shape index (κ2) is 9.69. The smallest absolute Gasteiger partial charge is 0.307 e. The first-order valence-corrected chi connectivity index (χ1v) is 6.58. The molecule has 0 aromatic heterocycles. The number of carbonyl (C=O) groups is 1. The van der Waals surface area contributed by atoms with Gasteiger partial charge in [-0.05, 0) is 53.4 Å². The van der Waals surface area contributed by atoms with Gasteiger partial charge in [0.2, 0.25) is 0 Å². The van der Waals surface area contributed by atoms with Gasteiger partial charge < -0.3 is 5.11 Å². The van der Waals surface area contributed by atoms with Crippen molar-refractivity contribution in [2.24, 2.45) is 0 Å². The lowest BCUT2D eigenvalue weighted by Crippen LogP contribution is -1.91. The third-order valence-corrected chi connectivity index (χ3v) is 2.75.